The number of urea groups is 1. The summed E-state index contributed by atoms with van der Waals surface area (Å²) in [5.74, 6) is -3.70. The number of nitrogens with zero attached hydrogens (tertiary/aromatic N) is 1. The molecule has 19 nitrogen and oxygen atoms in total. The summed E-state index contributed by atoms with van der Waals surface area (Å²) in [5.41, 5.74) is 6.13. The molecule has 0 aromatic heterocycles. The van der Waals surface area contributed by atoms with Gasteiger partial charge in [-0.2, -0.15) is 0 Å². The number of aliphatic hydroxyl groups is 10. The van der Waals surface area contributed by atoms with Crippen LogP contribution in [-0.4, -0.2) is 184 Å². The van der Waals surface area contributed by atoms with E-state index in [1.807, 2.05) is 77.2 Å². The highest BCUT2D eigenvalue weighted by Crippen LogP contribution is 2.36. The van der Waals surface area contributed by atoms with Gasteiger partial charge in [0, 0.05) is 49.6 Å². The minimum atomic E-state index is -2.25. The van der Waals surface area contributed by atoms with Gasteiger partial charge in [-0.05, 0) is 60.8 Å². The van der Waals surface area contributed by atoms with Crippen molar-refractivity contribution in [3.05, 3.63) is 85.1 Å². The molecule has 19 heteroatoms. The molecular weight excluding hydrogens is 935 g/mol. The fourth-order valence-corrected chi connectivity index (χ4v) is 9.12. The van der Waals surface area contributed by atoms with Crippen molar-refractivity contribution in [3.8, 4) is 0 Å². The van der Waals surface area contributed by atoms with E-state index < -0.39 is 147 Å². The largest absolute Gasteiger partial charge is 0.462 e. The summed E-state index contributed by atoms with van der Waals surface area (Å²) < 4.78 is 23.9. The molecule has 19 atom stereocenters. The average molecular weight is 1020 g/mol. The highest BCUT2D eigenvalue weighted by molar-refractivity contribution is 5.75. The second kappa shape index (κ2) is 30.7. The van der Waals surface area contributed by atoms with Crippen molar-refractivity contribution in [1.82, 2.24) is 10.2 Å². The van der Waals surface area contributed by atoms with Gasteiger partial charge in [-0.25, -0.2) is 4.79 Å². The second-order valence-electron chi connectivity index (χ2n) is 20.3. The maximum absolute atomic E-state index is 13.8. The zero-order chi connectivity index (χ0) is 53.9. The molecule has 0 saturated carbocycles. The number of ether oxygens (including phenoxy) is 4. The minimum absolute atomic E-state index is 0.0917. The zero-order valence-electron chi connectivity index (χ0n) is 43.2. The Kier molecular flexibility index (Phi) is 26.7. The Labute approximate surface area is 425 Å². The zero-order valence-corrected chi connectivity index (χ0v) is 43.2. The fourth-order valence-electron chi connectivity index (χ4n) is 9.12. The predicted molar refractivity (Wildman–Crippen MR) is 270 cm³/mol. The molecule has 2 fully saturated rings. The summed E-state index contributed by atoms with van der Waals surface area (Å²) in [6.07, 6.45) is 5.19. The maximum Gasteiger partial charge on any atom is 0.318 e. The summed E-state index contributed by atoms with van der Waals surface area (Å²) in [7, 11) is 0. The third-order valence-electron chi connectivity index (χ3n) is 13.4. The summed E-state index contributed by atoms with van der Waals surface area (Å²) in [6, 6.07) is -3.28. The third-order valence-corrected chi connectivity index (χ3v) is 13.4. The molecule has 3 aliphatic rings. The Morgan fingerprint density at radius 1 is 0.681 bits per heavy atom. The molecule has 3 aliphatic heterocycles. The number of fused-ring (bicyclic) bond motifs is 2. The molecule has 13 N–H and O–H groups in total. The number of carbonyl (C=O) groups is 2. The predicted octanol–water partition coefficient (Wildman–Crippen LogP) is 2.21. The number of carbonyl (C=O) groups excluding carboxylic acids is 2. The van der Waals surface area contributed by atoms with Crippen molar-refractivity contribution in [3.63, 3.8) is 0 Å². The van der Waals surface area contributed by atoms with Gasteiger partial charge in [-0.15, -0.1) is 0 Å². The van der Waals surface area contributed by atoms with Crippen molar-refractivity contribution in [2.24, 2.45) is 17.6 Å². The van der Waals surface area contributed by atoms with Gasteiger partial charge in [0.25, 0.3) is 0 Å². The Morgan fingerprint density at radius 3 is 1.81 bits per heavy atom. The summed E-state index contributed by atoms with van der Waals surface area (Å²) in [6.45, 7) is 14.2. The Balaban J connectivity index is 1.97. The van der Waals surface area contributed by atoms with Crippen LogP contribution in [0.15, 0.2) is 85.1 Å². The van der Waals surface area contributed by atoms with Crippen LogP contribution in [0.2, 0.25) is 0 Å². The van der Waals surface area contributed by atoms with Crippen LogP contribution in [-0.2, 0) is 23.7 Å². The SMILES string of the molecule is CC1O[C@@H](OC2/C=C/C=C/C=C/C=C/C=C/C=C/C=C/[C@H](C)[C@@H](O)[C@@H](C)[C@H](C)OC(=O)CC(O)CC(O)CC[C@@H](O)C(O)CC(O)C[C@]3(O)C[C@H](O)[C@@H](NC(=O)N(C(C)C)C(C)C)[C@H](C2)O3)[C@@H](O)[C@@H](N)[C@@H]1O. The van der Waals surface area contributed by atoms with Gasteiger partial charge in [0.2, 0.25) is 0 Å². The van der Waals surface area contributed by atoms with Crippen LogP contribution in [0, 0.1) is 11.8 Å². The monoisotopic (exact) mass is 1020 g/mol. The molecule has 2 saturated heterocycles. The molecule has 3 heterocycles. The molecule has 2 bridgehead atoms. The van der Waals surface area contributed by atoms with E-state index in [1.54, 1.807) is 68.2 Å². The van der Waals surface area contributed by atoms with E-state index >= 15 is 0 Å². The van der Waals surface area contributed by atoms with Gasteiger partial charge >= 0.3 is 12.0 Å². The number of cyclic esters (lactones) is 1. The highest BCUT2D eigenvalue weighted by Gasteiger charge is 2.49. The number of nitrogens with two attached hydrogens (primary N) is 1. The first-order valence-electron chi connectivity index (χ1n) is 25.4. The molecule has 0 aromatic carbocycles. The number of nitrogens with one attached hydrogen (secondary N) is 1. The first-order valence-corrected chi connectivity index (χ1v) is 25.4. The van der Waals surface area contributed by atoms with Crippen LogP contribution >= 0.6 is 0 Å². The van der Waals surface area contributed by atoms with Crippen molar-refractivity contribution < 1.29 is 79.6 Å². The quantitative estimate of drug-likeness (QED) is 0.176. The fraction of sp³-hybridized carbons (Fsp3) is 0.698. The van der Waals surface area contributed by atoms with E-state index in [1.165, 1.54) is 0 Å². The first-order chi connectivity index (χ1) is 33.8. The van der Waals surface area contributed by atoms with E-state index in [2.05, 4.69) is 5.32 Å². The molecule has 6 unspecified atom stereocenters. The lowest BCUT2D eigenvalue weighted by molar-refractivity contribution is -0.303. The number of allylic oxidation sites excluding steroid dienone is 12. The molecule has 0 aliphatic carbocycles. The topological polar surface area (TPSA) is 315 Å². The summed E-state index contributed by atoms with van der Waals surface area (Å²) in [4.78, 5) is 28.1. The van der Waals surface area contributed by atoms with Crippen LogP contribution in [0.1, 0.15) is 107 Å². The lowest BCUT2D eigenvalue weighted by Gasteiger charge is -2.47. The summed E-state index contributed by atoms with van der Waals surface area (Å²) >= 11 is 0. The number of hydrogen-bond acceptors (Lipinski definition) is 17. The lowest BCUT2D eigenvalue weighted by atomic mass is 9.87. The molecule has 3 rings (SSSR count). The van der Waals surface area contributed by atoms with Crippen molar-refractivity contribution >= 4 is 12.0 Å². The molecule has 0 aromatic rings. The Hall–Kier alpha value is -3.64. The number of esters is 1. The number of aliphatic hydroxyl groups excluding tert-OH is 9. The summed E-state index contributed by atoms with van der Waals surface area (Å²) in [5, 5.41) is 113. The van der Waals surface area contributed by atoms with Crippen LogP contribution in [0.25, 0.3) is 0 Å². The van der Waals surface area contributed by atoms with Gasteiger partial charge in [0.1, 0.15) is 12.2 Å². The molecule has 0 radical (unpaired) electrons. The van der Waals surface area contributed by atoms with Crippen LogP contribution in [0.5, 0.6) is 0 Å². The normalized spacial score (nSPS) is 42.3. The third kappa shape index (κ3) is 20.6. The van der Waals surface area contributed by atoms with Gasteiger partial charge in [0.05, 0.1) is 85.6 Å². The number of hydrogen-bond donors (Lipinski definition) is 12. The standard InChI is InChI=1S/C53H87N3O16/c1-31(2)56(32(3)4)52(67)55-47-43(62)30-53(68)29-39(59)26-42(61)41(60)24-23-37(57)25-38(58)27-45(63)69-35(7)34(6)48(64)33(5)21-19-17-15-13-11-9-10-12-14-16-18-20-22-40(28-44(47)72-53)71-51-50(66)46(54)49(65)36(8)70-51/h9-22,31-44,46-51,57-62,64-66,68H,23-30,54H2,1-8H3,(H,55,67)/b10-9+,13-11+,14-12+,17-15+,18-16+,21-19+,22-20+/t33-,34-,35-,36?,37?,38?,39?,40?,41+,42?,43-,44-,46-,47+,48+,49+,50-,51-,53+/m0/s1. The minimum Gasteiger partial charge on any atom is -0.462 e. The van der Waals surface area contributed by atoms with Gasteiger partial charge in [-0.3, -0.25) is 4.79 Å². The molecule has 0 spiro atoms. The van der Waals surface area contributed by atoms with Gasteiger partial charge in [0.15, 0.2) is 12.1 Å². The highest BCUT2D eigenvalue weighted by atomic mass is 16.7. The second-order valence-corrected chi connectivity index (χ2v) is 20.3. The van der Waals surface area contributed by atoms with E-state index in [9.17, 15) is 60.7 Å². The lowest BCUT2D eigenvalue weighted by Crippen LogP contribution is -2.64. The van der Waals surface area contributed by atoms with Crippen molar-refractivity contribution in [1.29, 1.82) is 0 Å². The van der Waals surface area contributed by atoms with E-state index in [0.717, 1.165) is 0 Å². The first kappa shape index (κ1) is 62.7. The number of rotatable bonds is 5. The van der Waals surface area contributed by atoms with Crippen LogP contribution in [0.3, 0.4) is 0 Å². The van der Waals surface area contributed by atoms with Gasteiger partial charge in [-0.1, -0.05) is 98.9 Å². The van der Waals surface area contributed by atoms with E-state index in [4.69, 9.17) is 24.7 Å². The van der Waals surface area contributed by atoms with Crippen LogP contribution in [0.4, 0.5) is 4.79 Å². The maximum atomic E-state index is 13.8. The molecule has 2 amide bonds. The molecule has 72 heavy (non-hydrogen) atoms. The van der Waals surface area contributed by atoms with Crippen LogP contribution < -0.4 is 11.1 Å². The Bertz CT molecular complexity index is 1830. The molecule has 410 valence electrons. The average Bonchev–Trinajstić information content (AvgIpc) is 3.28. The van der Waals surface area contributed by atoms with Crippen molar-refractivity contribution in [2.75, 3.05) is 0 Å². The van der Waals surface area contributed by atoms with Gasteiger partial charge < -0.3 is 86.0 Å². The van der Waals surface area contributed by atoms with E-state index in [0.29, 0.717) is 0 Å². The molecular formula is C53H87N3O16. The number of amides is 2. The Morgan fingerprint density at radius 2 is 1.24 bits per heavy atom. The van der Waals surface area contributed by atoms with E-state index in [-0.39, 0.29) is 43.7 Å². The van der Waals surface area contributed by atoms with Crippen molar-refractivity contribution in [2.45, 2.75) is 222 Å². The smallest absolute Gasteiger partial charge is 0.318 e.